The minimum atomic E-state index is -1.32. The van der Waals surface area contributed by atoms with Gasteiger partial charge in [0.15, 0.2) is 18.2 Å². The van der Waals surface area contributed by atoms with Crippen LogP contribution in [0.25, 0.3) is 0 Å². The lowest BCUT2D eigenvalue weighted by Gasteiger charge is -2.23. The number of carbonyl (C=O) groups excluding carboxylic acids is 3. The standard InChI is InChI=1S/C25H27F3N4O5.ClH/c1-2-36-24(34)14-37-18-5-3-4-15(8-18)13-30-25(35)22-6-7-31-32(22)23(33)11-17(29)9-16-10-20(27)21(28)12-19(16)26;/h3-5,7-8,10,12,17,22H,2,6,9,11,13-14,29H2,1H3,(H,30,35);1H/t17-,22?;/m1./s1. The van der Waals surface area contributed by atoms with Crippen LogP contribution < -0.4 is 15.8 Å². The summed E-state index contributed by atoms with van der Waals surface area (Å²) in [5.74, 6) is -4.60. The van der Waals surface area contributed by atoms with Crippen molar-refractivity contribution in [3.63, 3.8) is 0 Å². The molecule has 0 bridgehead atoms. The van der Waals surface area contributed by atoms with Crippen molar-refractivity contribution in [3.8, 4) is 5.75 Å². The smallest absolute Gasteiger partial charge is 0.344 e. The van der Waals surface area contributed by atoms with Gasteiger partial charge in [-0.3, -0.25) is 9.59 Å². The number of rotatable bonds is 11. The summed E-state index contributed by atoms with van der Waals surface area (Å²) in [6, 6.07) is 6.08. The molecule has 38 heavy (non-hydrogen) atoms. The SMILES string of the molecule is CCOC(=O)COc1cccc(CNC(=O)C2CC=NN2C(=O)C[C@H](N)Cc2cc(F)c(F)cc2F)c1.Cl. The van der Waals surface area contributed by atoms with Crippen LogP contribution in [0.3, 0.4) is 0 Å². The molecule has 1 heterocycles. The highest BCUT2D eigenvalue weighted by Gasteiger charge is 2.33. The Labute approximate surface area is 223 Å². The molecule has 0 saturated carbocycles. The number of nitrogens with one attached hydrogen (secondary N) is 1. The van der Waals surface area contributed by atoms with E-state index < -0.39 is 47.3 Å². The van der Waals surface area contributed by atoms with Crippen LogP contribution in [0.2, 0.25) is 0 Å². The normalized spacial score (nSPS) is 15.0. The Morgan fingerprint density at radius 3 is 2.63 bits per heavy atom. The molecule has 0 fully saturated rings. The second-order valence-electron chi connectivity index (χ2n) is 8.27. The Morgan fingerprint density at radius 1 is 1.16 bits per heavy atom. The van der Waals surface area contributed by atoms with Gasteiger partial charge in [0.1, 0.15) is 17.6 Å². The number of halogens is 4. The van der Waals surface area contributed by atoms with Crippen LogP contribution in [0, 0.1) is 17.5 Å². The number of hydrazone groups is 1. The molecule has 1 aliphatic rings. The van der Waals surface area contributed by atoms with Crippen molar-refractivity contribution in [2.24, 2.45) is 10.8 Å². The van der Waals surface area contributed by atoms with Gasteiger partial charge in [-0.1, -0.05) is 12.1 Å². The highest BCUT2D eigenvalue weighted by molar-refractivity contribution is 5.92. The molecule has 3 N–H and O–H groups in total. The van der Waals surface area contributed by atoms with E-state index in [1.54, 1.807) is 31.2 Å². The first-order chi connectivity index (χ1) is 17.7. The van der Waals surface area contributed by atoms with Gasteiger partial charge in [0.05, 0.1) is 6.61 Å². The molecular formula is C25H28ClF3N4O5. The van der Waals surface area contributed by atoms with Crippen molar-refractivity contribution in [3.05, 3.63) is 65.0 Å². The molecule has 206 valence electrons. The summed E-state index contributed by atoms with van der Waals surface area (Å²) < 4.78 is 50.6. The van der Waals surface area contributed by atoms with Crippen molar-refractivity contribution in [1.82, 2.24) is 10.3 Å². The molecular weight excluding hydrogens is 529 g/mol. The molecule has 3 rings (SSSR count). The number of hydrogen-bond donors (Lipinski definition) is 2. The molecule has 0 radical (unpaired) electrons. The van der Waals surface area contributed by atoms with Gasteiger partial charge in [-0.2, -0.15) is 5.10 Å². The van der Waals surface area contributed by atoms with Gasteiger partial charge >= 0.3 is 5.97 Å². The number of nitrogens with zero attached hydrogens (tertiary/aromatic N) is 2. The molecule has 0 aromatic heterocycles. The van der Waals surface area contributed by atoms with Crippen LogP contribution in [0.5, 0.6) is 5.75 Å². The minimum Gasteiger partial charge on any atom is -0.482 e. The molecule has 13 heteroatoms. The third-order valence-electron chi connectivity index (χ3n) is 5.42. The van der Waals surface area contributed by atoms with Gasteiger partial charge in [-0.05, 0) is 42.7 Å². The highest BCUT2D eigenvalue weighted by Crippen LogP contribution is 2.19. The van der Waals surface area contributed by atoms with Gasteiger partial charge in [0, 0.05) is 37.7 Å². The zero-order valence-corrected chi connectivity index (χ0v) is 21.3. The average Bonchev–Trinajstić information content (AvgIpc) is 3.35. The Morgan fingerprint density at radius 2 is 1.89 bits per heavy atom. The van der Waals surface area contributed by atoms with Crippen LogP contribution in [0.15, 0.2) is 41.5 Å². The Hall–Kier alpha value is -3.64. The number of amides is 2. The zero-order chi connectivity index (χ0) is 26.9. The summed E-state index contributed by atoms with van der Waals surface area (Å²) in [4.78, 5) is 36.9. The van der Waals surface area contributed by atoms with E-state index in [1.807, 2.05) is 0 Å². The van der Waals surface area contributed by atoms with Gasteiger partial charge < -0.3 is 20.5 Å². The van der Waals surface area contributed by atoms with Gasteiger partial charge in [-0.25, -0.2) is 23.0 Å². The van der Waals surface area contributed by atoms with Crippen LogP contribution >= 0.6 is 12.4 Å². The predicted octanol–water partition coefficient (Wildman–Crippen LogP) is 2.63. The lowest BCUT2D eigenvalue weighted by molar-refractivity contribution is -0.145. The number of carbonyl (C=O) groups is 3. The third-order valence-corrected chi connectivity index (χ3v) is 5.42. The molecule has 0 saturated heterocycles. The van der Waals surface area contributed by atoms with E-state index in [4.69, 9.17) is 15.2 Å². The number of nitrogens with two attached hydrogens (primary N) is 1. The van der Waals surface area contributed by atoms with Crippen LogP contribution in [0.4, 0.5) is 13.2 Å². The van der Waals surface area contributed by atoms with Crippen LogP contribution in [-0.4, -0.2) is 54.3 Å². The molecule has 1 aliphatic heterocycles. The quantitative estimate of drug-likeness (QED) is 0.324. The van der Waals surface area contributed by atoms with E-state index in [2.05, 4.69) is 10.4 Å². The summed E-state index contributed by atoms with van der Waals surface area (Å²) in [6.45, 7) is 1.82. The second-order valence-corrected chi connectivity index (χ2v) is 8.27. The Balaban J connectivity index is 0.00000507. The van der Waals surface area contributed by atoms with E-state index in [1.165, 1.54) is 6.21 Å². The van der Waals surface area contributed by atoms with Crippen molar-refractivity contribution in [1.29, 1.82) is 0 Å². The molecule has 9 nitrogen and oxygen atoms in total. The highest BCUT2D eigenvalue weighted by atomic mass is 35.5. The first kappa shape index (κ1) is 30.6. The maximum absolute atomic E-state index is 13.9. The first-order valence-corrected chi connectivity index (χ1v) is 11.6. The fraction of sp³-hybridized carbons (Fsp3) is 0.360. The lowest BCUT2D eigenvalue weighted by atomic mass is 10.0. The van der Waals surface area contributed by atoms with Gasteiger partial charge in [0.2, 0.25) is 11.8 Å². The summed E-state index contributed by atoms with van der Waals surface area (Å²) in [5.41, 5.74) is 6.47. The van der Waals surface area contributed by atoms with E-state index in [9.17, 15) is 27.6 Å². The maximum atomic E-state index is 13.9. The molecule has 0 aliphatic carbocycles. The zero-order valence-electron chi connectivity index (χ0n) is 20.5. The second kappa shape index (κ2) is 14.3. The molecule has 1 unspecified atom stereocenters. The van der Waals surface area contributed by atoms with E-state index in [0.29, 0.717) is 23.4 Å². The maximum Gasteiger partial charge on any atom is 0.344 e. The monoisotopic (exact) mass is 556 g/mol. The molecule has 2 aromatic rings. The van der Waals surface area contributed by atoms with Gasteiger partial charge in [0.25, 0.3) is 0 Å². The fourth-order valence-electron chi connectivity index (χ4n) is 3.66. The fourth-order valence-corrected chi connectivity index (χ4v) is 3.66. The van der Waals surface area contributed by atoms with Crippen molar-refractivity contribution >= 4 is 36.4 Å². The Bertz CT molecular complexity index is 1180. The molecule has 2 atom stereocenters. The lowest BCUT2D eigenvalue weighted by Crippen LogP contribution is -2.46. The summed E-state index contributed by atoms with van der Waals surface area (Å²) in [7, 11) is 0. The van der Waals surface area contributed by atoms with E-state index in [0.717, 1.165) is 5.01 Å². The minimum absolute atomic E-state index is 0. The predicted molar refractivity (Wildman–Crippen MR) is 134 cm³/mol. The summed E-state index contributed by atoms with van der Waals surface area (Å²) in [5, 5.41) is 7.70. The number of benzene rings is 2. The Kier molecular flexibility index (Phi) is 11.5. The largest absolute Gasteiger partial charge is 0.482 e. The van der Waals surface area contributed by atoms with E-state index >= 15 is 0 Å². The van der Waals surface area contributed by atoms with Gasteiger partial charge in [-0.15, -0.1) is 12.4 Å². The molecule has 2 amide bonds. The van der Waals surface area contributed by atoms with Crippen LogP contribution in [-0.2, 0) is 32.1 Å². The number of hydrogen-bond acceptors (Lipinski definition) is 7. The average molecular weight is 557 g/mol. The van der Waals surface area contributed by atoms with E-state index in [-0.39, 0.29) is 57.0 Å². The topological polar surface area (TPSA) is 123 Å². The van der Waals surface area contributed by atoms with Crippen molar-refractivity contribution in [2.75, 3.05) is 13.2 Å². The number of esters is 1. The summed E-state index contributed by atoms with van der Waals surface area (Å²) in [6.07, 6.45) is 1.11. The third kappa shape index (κ3) is 8.45. The number of ether oxygens (including phenoxy) is 2. The van der Waals surface area contributed by atoms with Crippen molar-refractivity contribution < 1.29 is 37.0 Å². The molecule has 0 spiro atoms. The van der Waals surface area contributed by atoms with Crippen LogP contribution in [0.1, 0.15) is 30.9 Å². The van der Waals surface area contributed by atoms with Crippen molar-refractivity contribution in [2.45, 2.75) is 44.8 Å². The first-order valence-electron chi connectivity index (χ1n) is 11.6. The summed E-state index contributed by atoms with van der Waals surface area (Å²) >= 11 is 0. The molecule has 2 aromatic carbocycles.